The van der Waals surface area contributed by atoms with E-state index in [1.807, 2.05) is 6.92 Å². The maximum atomic E-state index is 12.3. The Balaban J connectivity index is 2.87. The maximum Gasteiger partial charge on any atom is 0.235 e. The van der Waals surface area contributed by atoms with Crippen molar-refractivity contribution in [3.05, 3.63) is 0 Å². The molecule has 17 heavy (non-hydrogen) atoms. The number of hydrogen-bond donors (Lipinski definition) is 0. The zero-order valence-corrected chi connectivity index (χ0v) is 11.6. The average Bonchev–Trinajstić information content (AvgIpc) is 2.16. The summed E-state index contributed by atoms with van der Waals surface area (Å²) in [6.45, 7) is 7.38. The van der Waals surface area contributed by atoms with E-state index in [0.717, 1.165) is 0 Å². The van der Waals surface area contributed by atoms with Crippen molar-refractivity contribution in [1.29, 1.82) is 0 Å². The molecule has 0 N–H and O–H groups in total. The van der Waals surface area contributed by atoms with Crippen molar-refractivity contribution < 1.29 is 13.2 Å². The highest BCUT2D eigenvalue weighted by atomic mass is 32.2. The summed E-state index contributed by atoms with van der Waals surface area (Å²) in [5, 5.41) is 0. The van der Waals surface area contributed by atoms with Gasteiger partial charge in [-0.2, -0.15) is 4.31 Å². The van der Waals surface area contributed by atoms with E-state index in [1.54, 1.807) is 26.9 Å². The fourth-order valence-corrected chi connectivity index (χ4v) is 3.64. The normalized spacial score (nSPS) is 27.5. The Hall–Kier alpha value is -0.710. The van der Waals surface area contributed by atoms with Crippen LogP contribution in [0.5, 0.6) is 0 Å². The third kappa shape index (κ3) is 2.94. The summed E-state index contributed by atoms with van der Waals surface area (Å²) in [6, 6.07) is -0.205. The molecule has 0 aliphatic carbocycles. The molecule has 0 radical (unpaired) electrons. The van der Waals surface area contributed by atoms with Gasteiger partial charge in [0.1, 0.15) is 0 Å². The molecular formula is C11H20N2O3S. The van der Waals surface area contributed by atoms with Crippen molar-refractivity contribution in [2.75, 3.05) is 6.54 Å². The molecular weight excluding hydrogens is 240 g/mol. The first-order chi connectivity index (χ1) is 7.70. The molecule has 1 saturated heterocycles. The summed E-state index contributed by atoms with van der Waals surface area (Å²) >= 11 is 0. The topological polar surface area (TPSA) is 66.8 Å². The highest BCUT2D eigenvalue weighted by Gasteiger charge is 2.40. The Morgan fingerprint density at radius 1 is 1.35 bits per heavy atom. The molecule has 0 spiro atoms. The molecule has 1 aliphatic heterocycles. The summed E-state index contributed by atoms with van der Waals surface area (Å²) < 4.78 is 25.3. The standard InChI is InChI=1S/C11H20N2O3S/c1-9-7-10(12-8-14)5-6-13(9)17(15,16)11(2,3)4/h9-10H,5-7H2,1-4H3. The van der Waals surface area contributed by atoms with Crippen LogP contribution >= 0.6 is 0 Å². The van der Waals surface area contributed by atoms with Crippen LogP contribution in [-0.2, 0) is 14.8 Å². The number of nitrogens with zero attached hydrogens (tertiary/aromatic N) is 2. The molecule has 5 nitrogen and oxygen atoms in total. The molecule has 1 aliphatic rings. The van der Waals surface area contributed by atoms with Crippen LogP contribution < -0.4 is 0 Å². The molecule has 2 atom stereocenters. The van der Waals surface area contributed by atoms with Gasteiger partial charge in [-0.15, -0.1) is 0 Å². The Morgan fingerprint density at radius 3 is 2.35 bits per heavy atom. The van der Waals surface area contributed by atoms with E-state index < -0.39 is 14.8 Å². The highest BCUT2D eigenvalue weighted by molar-refractivity contribution is 7.90. The van der Waals surface area contributed by atoms with Gasteiger partial charge in [0, 0.05) is 12.6 Å². The quantitative estimate of drug-likeness (QED) is 0.555. The molecule has 6 heteroatoms. The number of aliphatic imine (C=N–C) groups is 1. The fraction of sp³-hybridized carbons (Fsp3) is 0.909. The van der Waals surface area contributed by atoms with Crippen molar-refractivity contribution in [2.45, 2.75) is 57.4 Å². The zero-order valence-electron chi connectivity index (χ0n) is 10.8. The van der Waals surface area contributed by atoms with Gasteiger partial charge >= 0.3 is 0 Å². The predicted octanol–water partition coefficient (Wildman–Crippen LogP) is 1.30. The molecule has 98 valence electrons. The van der Waals surface area contributed by atoms with Gasteiger partial charge in [0.05, 0.1) is 10.8 Å². The fourth-order valence-electron chi connectivity index (χ4n) is 2.03. The van der Waals surface area contributed by atoms with E-state index in [9.17, 15) is 13.2 Å². The number of isocyanates is 1. The molecule has 0 amide bonds. The van der Waals surface area contributed by atoms with E-state index >= 15 is 0 Å². The zero-order chi connectivity index (χ0) is 13.3. The average molecular weight is 260 g/mol. The smallest absolute Gasteiger partial charge is 0.212 e. The summed E-state index contributed by atoms with van der Waals surface area (Å²) in [4.78, 5) is 13.9. The van der Waals surface area contributed by atoms with Crippen LogP contribution in [0, 0.1) is 0 Å². The van der Waals surface area contributed by atoms with Crippen LogP contribution in [0.4, 0.5) is 0 Å². The van der Waals surface area contributed by atoms with Crippen molar-refractivity contribution >= 4 is 16.1 Å². The number of sulfonamides is 1. The van der Waals surface area contributed by atoms with Crippen molar-refractivity contribution in [3.63, 3.8) is 0 Å². The third-order valence-corrected chi connectivity index (χ3v) is 5.81. The number of rotatable bonds is 2. The number of carbonyl (C=O) groups excluding carboxylic acids is 1. The summed E-state index contributed by atoms with van der Waals surface area (Å²) in [6.07, 6.45) is 2.73. The van der Waals surface area contributed by atoms with Crippen LogP contribution in [0.2, 0.25) is 0 Å². The molecule has 1 fully saturated rings. The van der Waals surface area contributed by atoms with Crippen molar-refractivity contribution in [3.8, 4) is 0 Å². The molecule has 0 aromatic heterocycles. The number of piperidine rings is 1. The van der Waals surface area contributed by atoms with E-state index in [0.29, 0.717) is 19.4 Å². The van der Waals surface area contributed by atoms with Crippen LogP contribution in [0.15, 0.2) is 4.99 Å². The van der Waals surface area contributed by atoms with Gasteiger partial charge in [-0.05, 0) is 40.5 Å². The maximum absolute atomic E-state index is 12.3. The van der Waals surface area contributed by atoms with Gasteiger partial charge in [0.25, 0.3) is 0 Å². The summed E-state index contributed by atoms with van der Waals surface area (Å²) in [5.41, 5.74) is 0. The number of hydrogen-bond acceptors (Lipinski definition) is 4. The lowest BCUT2D eigenvalue weighted by Crippen LogP contribution is -2.51. The Labute approximate surface area is 103 Å². The van der Waals surface area contributed by atoms with Gasteiger partial charge in [-0.1, -0.05) is 0 Å². The molecule has 0 bridgehead atoms. The van der Waals surface area contributed by atoms with E-state index in [-0.39, 0.29) is 12.1 Å². The lowest BCUT2D eigenvalue weighted by Gasteiger charge is -2.38. The minimum absolute atomic E-state index is 0.0890. The third-order valence-electron chi connectivity index (χ3n) is 3.11. The molecule has 1 rings (SSSR count). The van der Waals surface area contributed by atoms with E-state index in [2.05, 4.69) is 4.99 Å². The highest BCUT2D eigenvalue weighted by Crippen LogP contribution is 2.28. The summed E-state index contributed by atoms with van der Waals surface area (Å²) in [7, 11) is -3.29. The van der Waals surface area contributed by atoms with Crippen molar-refractivity contribution in [1.82, 2.24) is 4.31 Å². The Morgan fingerprint density at radius 2 is 1.94 bits per heavy atom. The van der Waals surface area contributed by atoms with Gasteiger partial charge < -0.3 is 0 Å². The molecule has 0 aromatic rings. The second-order valence-corrected chi connectivity index (χ2v) is 8.12. The molecule has 0 saturated carbocycles. The largest absolute Gasteiger partial charge is 0.235 e. The van der Waals surface area contributed by atoms with Gasteiger partial charge in [0.2, 0.25) is 16.1 Å². The first kappa shape index (κ1) is 14.4. The van der Waals surface area contributed by atoms with Gasteiger partial charge in [-0.25, -0.2) is 18.2 Å². The second kappa shape index (κ2) is 4.88. The second-order valence-electron chi connectivity index (χ2n) is 5.48. The lowest BCUT2D eigenvalue weighted by atomic mass is 10.0. The molecule has 1 heterocycles. The Kier molecular flexibility index (Phi) is 4.12. The minimum atomic E-state index is -3.29. The predicted molar refractivity (Wildman–Crippen MR) is 66.0 cm³/mol. The first-order valence-electron chi connectivity index (χ1n) is 5.78. The van der Waals surface area contributed by atoms with Gasteiger partial charge in [0.15, 0.2) is 0 Å². The van der Waals surface area contributed by atoms with Gasteiger partial charge in [-0.3, -0.25) is 0 Å². The van der Waals surface area contributed by atoms with Crippen LogP contribution in [0.3, 0.4) is 0 Å². The van der Waals surface area contributed by atoms with E-state index in [4.69, 9.17) is 0 Å². The minimum Gasteiger partial charge on any atom is -0.212 e. The van der Waals surface area contributed by atoms with Crippen molar-refractivity contribution in [2.24, 2.45) is 4.99 Å². The van der Waals surface area contributed by atoms with Crippen LogP contribution in [0.1, 0.15) is 40.5 Å². The van der Waals surface area contributed by atoms with Crippen LogP contribution in [0.25, 0.3) is 0 Å². The lowest BCUT2D eigenvalue weighted by molar-refractivity contribution is 0.242. The van der Waals surface area contributed by atoms with E-state index in [1.165, 1.54) is 4.31 Å². The SMILES string of the molecule is CC1CC(N=C=O)CCN1S(=O)(=O)C(C)(C)C. The molecule has 2 unspecified atom stereocenters. The first-order valence-corrected chi connectivity index (χ1v) is 7.22. The van der Waals surface area contributed by atoms with Crippen LogP contribution in [-0.4, -0.2) is 42.2 Å². The monoisotopic (exact) mass is 260 g/mol. The summed E-state index contributed by atoms with van der Waals surface area (Å²) in [5.74, 6) is 0. The Bertz CT molecular complexity index is 418. The molecule has 0 aromatic carbocycles.